The van der Waals surface area contributed by atoms with Crippen LogP contribution in [0.25, 0.3) is 10.6 Å². The number of aromatic nitrogens is 2. The molecule has 0 amide bonds. The van der Waals surface area contributed by atoms with Gasteiger partial charge in [0.2, 0.25) is 0 Å². The number of aryl methyl sites for hydroxylation is 2. The molecule has 1 N–H and O–H groups in total. The molecule has 0 aliphatic rings. The minimum absolute atomic E-state index is 0. The van der Waals surface area contributed by atoms with Crippen molar-refractivity contribution < 1.29 is 4.74 Å². The summed E-state index contributed by atoms with van der Waals surface area (Å²) in [4.78, 5) is 10.3. The van der Waals surface area contributed by atoms with Crippen LogP contribution in [-0.4, -0.2) is 16.6 Å². The van der Waals surface area contributed by atoms with Crippen LogP contribution in [0.4, 0.5) is 10.8 Å². The van der Waals surface area contributed by atoms with Crippen molar-refractivity contribution in [1.29, 1.82) is 0 Å². The maximum Gasteiger partial charge on any atom is 0.187 e. The number of hydrogen-bond donors (Lipinski definition) is 1. The SMILES string of the molecule is Br.CCOc1ccc(Nc2nc(-c3sc(C)nc3C)cs2)cc1. The van der Waals surface area contributed by atoms with Crippen LogP contribution in [-0.2, 0) is 0 Å². The molecule has 7 heteroatoms. The Balaban J connectivity index is 0.00000192. The molecule has 0 saturated heterocycles. The average molecular weight is 412 g/mol. The summed E-state index contributed by atoms with van der Waals surface area (Å²) < 4.78 is 5.44. The van der Waals surface area contributed by atoms with Gasteiger partial charge in [-0.3, -0.25) is 0 Å². The Kier molecular flexibility index (Phi) is 6.15. The summed E-state index contributed by atoms with van der Waals surface area (Å²) in [6.45, 7) is 6.70. The summed E-state index contributed by atoms with van der Waals surface area (Å²) in [6.07, 6.45) is 0. The van der Waals surface area contributed by atoms with Crippen molar-refractivity contribution in [2.24, 2.45) is 0 Å². The minimum atomic E-state index is 0. The van der Waals surface area contributed by atoms with Gasteiger partial charge in [0.15, 0.2) is 5.13 Å². The maximum absolute atomic E-state index is 5.44. The molecular formula is C16H18BrN3OS2. The number of rotatable bonds is 5. The largest absolute Gasteiger partial charge is 0.494 e. The number of halogens is 1. The first kappa shape index (κ1) is 17.9. The molecule has 23 heavy (non-hydrogen) atoms. The van der Waals surface area contributed by atoms with E-state index in [0.717, 1.165) is 37.8 Å². The lowest BCUT2D eigenvalue weighted by Gasteiger charge is -2.05. The van der Waals surface area contributed by atoms with Gasteiger partial charge in [0, 0.05) is 11.1 Å². The number of benzene rings is 1. The van der Waals surface area contributed by atoms with Crippen molar-refractivity contribution in [2.75, 3.05) is 11.9 Å². The topological polar surface area (TPSA) is 47.0 Å². The number of thiazole rings is 2. The predicted octanol–water partition coefficient (Wildman–Crippen LogP) is 5.60. The summed E-state index contributed by atoms with van der Waals surface area (Å²) in [6, 6.07) is 7.90. The number of ether oxygens (including phenoxy) is 1. The molecule has 1 aromatic carbocycles. The molecule has 122 valence electrons. The highest BCUT2D eigenvalue weighted by Gasteiger charge is 2.11. The Morgan fingerprint density at radius 1 is 1.13 bits per heavy atom. The number of nitrogens with one attached hydrogen (secondary N) is 1. The third-order valence-electron chi connectivity index (χ3n) is 3.06. The van der Waals surface area contributed by atoms with Gasteiger partial charge in [-0.25, -0.2) is 9.97 Å². The molecule has 0 aliphatic heterocycles. The van der Waals surface area contributed by atoms with Crippen molar-refractivity contribution in [3.05, 3.63) is 40.3 Å². The van der Waals surface area contributed by atoms with Crippen molar-refractivity contribution in [3.8, 4) is 16.3 Å². The van der Waals surface area contributed by atoms with Crippen LogP contribution in [0.5, 0.6) is 5.75 Å². The van der Waals surface area contributed by atoms with Crippen molar-refractivity contribution in [2.45, 2.75) is 20.8 Å². The van der Waals surface area contributed by atoms with E-state index in [1.54, 1.807) is 22.7 Å². The van der Waals surface area contributed by atoms with Crippen molar-refractivity contribution >= 4 is 50.5 Å². The van der Waals surface area contributed by atoms with E-state index in [4.69, 9.17) is 4.74 Å². The van der Waals surface area contributed by atoms with Gasteiger partial charge in [0.05, 0.1) is 27.9 Å². The molecule has 0 saturated carbocycles. The zero-order valence-electron chi connectivity index (χ0n) is 13.1. The lowest BCUT2D eigenvalue weighted by Crippen LogP contribution is -1.92. The molecule has 0 aliphatic carbocycles. The Bertz CT molecular complexity index is 768. The summed E-state index contributed by atoms with van der Waals surface area (Å²) in [5.74, 6) is 0.878. The average Bonchev–Trinajstić information content (AvgIpc) is 3.07. The molecule has 4 nitrogen and oxygen atoms in total. The van der Waals surface area contributed by atoms with E-state index in [9.17, 15) is 0 Å². The molecule has 3 rings (SSSR count). The summed E-state index contributed by atoms with van der Waals surface area (Å²) in [5, 5.41) is 7.34. The molecule has 0 spiro atoms. The molecule has 0 bridgehead atoms. The molecule has 0 unspecified atom stereocenters. The highest BCUT2D eigenvalue weighted by Crippen LogP contribution is 2.33. The lowest BCUT2D eigenvalue weighted by atomic mass is 10.3. The van der Waals surface area contributed by atoms with E-state index in [-0.39, 0.29) is 17.0 Å². The van der Waals surface area contributed by atoms with Crippen LogP contribution >= 0.6 is 39.7 Å². The first-order valence-corrected chi connectivity index (χ1v) is 8.75. The Labute approximate surface area is 154 Å². The van der Waals surface area contributed by atoms with Gasteiger partial charge in [0.1, 0.15) is 5.75 Å². The molecule has 2 aromatic heterocycles. The molecule has 0 atom stereocenters. The van der Waals surface area contributed by atoms with Gasteiger partial charge in [-0.15, -0.1) is 39.7 Å². The third kappa shape index (κ3) is 4.31. The summed E-state index contributed by atoms with van der Waals surface area (Å²) in [5.41, 5.74) is 3.03. The predicted molar refractivity (Wildman–Crippen MR) is 104 cm³/mol. The minimum Gasteiger partial charge on any atom is -0.494 e. The number of nitrogens with zero attached hydrogens (tertiary/aromatic N) is 2. The van der Waals surface area contributed by atoms with E-state index >= 15 is 0 Å². The van der Waals surface area contributed by atoms with Crippen LogP contribution in [0, 0.1) is 13.8 Å². The van der Waals surface area contributed by atoms with E-state index in [1.165, 1.54) is 0 Å². The van der Waals surface area contributed by atoms with Gasteiger partial charge >= 0.3 is 0 Å². The monoisotopic (exact) mass is 411 g/mol. The van der Waals surface area contributed by atoms with Crippen LogP contribution in [0.3, 0.4) is 0 Å². The number of anilines is 2. The zero-order valence-corrected chi connectivity index (χ0v) is 16.5. The van der Waals surface area contributed by atoms with Crippen molar-refractivity contribution in [3.63, 3.8) is 0 Å². The molecule has 3 aromatic rings. The Morgan fingerprint density at radius 3 is 2.48 bits per heavy atom. The van der Waals surface area contributed by atoms with Crippen LogP contribution in [0.15, 0.2) is 29.6 Å². The highest BCUT2D eigenvalue weighted by molar-refractivity contribution is 8.93. The Hall–Kier alpha value is -1.44. The molecule has 0 fully saturated rings. The maximum atomic E-state index is 5.44. The molecule has 0 radical (unpaired) electrons. The van der Waals surface area contributed by atoms with Crippen LogP contribution in [0.2, 0.25) is 0 Å². The van der Waals surface area contributed by atoms with Gasteiger partial charge in [-0.05, 0) is 45.0 Å². The summed E-state index contributed by atoms with van der Waals surface area (Å²) >= 11 is 3.28. The lowest BCUT2D eigenvalue weighted by molar-refractivity contribution is 0.340. The van der Waals surface area contributed by atoms with E-state index in [1.807, 2.05) is 45.0 Å². The fourth-order valence-electron chi connectivity index (χ4n) is 2.13. The second-order valence-electron chi connectivity index (χ2n) is 4.77. The molecular weight excluding hydrogens is 394 g/mol. The first-order valence-electron chi connectivity index (χ1n) is 7.05. The normalized spacial score (nSPS) is 10.2. The van der Waals surface area contributed by atoms with Gasteiger partial charge in [-0.2, -0.15) is 0 Å². The molecule has 2 heterocycles. The van der Waals surface area contributed by atoms with E-state index < -0.39 is 0 Å². The van der Waals surface area contributed by atoms with Gasteiger partial charge in [0.25, 0.3) is 0 Å². The fourth-order valence-corrected chi connectivity index (χ4v) is 3.81. The third-order valence-corrected chi connectivity index (χ3v) is 4.91. The summed E-state index contributed by atoms with van der Waals surface area (Å²) in [7, 11) is 0. The van der Waals surface area contributed by atoms with Crippen molar-refractivity contribution in [1.82, 2.24) is 9.97 Å². The highest BCUT2D eigenvalue weighted by atomic mass is 79.9. The first-order chi connectivity index (χ1) is 10.7. The van der Waals surface area contributed by atoms with Crippen LogP contribution < -0.4 is 10.1 Å². The second-order valence-corrected chi connectivity index (χ2v) is 6.83. The fraction of sp³-hybridized carbons (Fsp3) is 0.250. The van der Waals surface area contributed by atoms with Crippen LogP contribution in [0.1, 0.15) is 17.6 Å². The van der Waals surface area contributed by atoms with E-state index in [2.05, 4.69) is 20.7 Å². The second kappa shape index (κ2) is 7.90. The Morgan fingerprint density at radius 2 is 1.87 bits per heavy atom. The zero-order chi connectivity index (χ0) is 15.5. The van der Waals surface area contributed by atoms with E-state index in [0.29, 0.717) is 6.61 Å². The number of hydrogen-bond acceptors (Lipinski definition) is 6. The quantitative estimate of drug-likeness (QED) is 0.592. The van der Waals surface area contributed by atoms with Gasteiger partial charge in [-0.1, -0.05) is 0 Å². The smallest absolute Gasteiger partial charge is 0.187 e. The van der Waals surface area contributed by atoms with Gasteiger partial charge < -0.3 is 10.1 Å². The standard InChI is InChI=1S/C16H17N3OS2.BrH/c1-4-20-13-7-5-12(6-8-13)18-16-19-14(9-21-16)15-10(2)17-11(3)22-15;/h5-9H,4H2,1-3H3,(H,18,19);1H.